The van der Waals surface area contributed by atoms with Crippen molar-refractivity contribution in [3.63, 3.8) is 0 Å². The molecule has 1 N–H and O–H groups in total. The Morgan fingerprint density at radius 1 is 1.32 bits per heavy atom. The van der Waals surface area contributed by atoms with Crippen molar-refractivity contribution in [2.75, 3.05) is 11.4 Å². The second kappa shape index (κ2) is 6.01. The van der Waals surface area contributed by atoms with E-state index in [-0.39, 0.29) is 10.8 Å². The number of sulfonamides is 1. The predicted octanol–water partition coefficient (Wildman–Crippen LogP) is 2.45. The van der Waals surface area contributed by atoms with Crippen LogP contribution in [0.5, 0.6) is 0 Å². The van der Waals surface area contributed by atoms with E-state index in [9.17, 15) is 13.2 Å². The van der Waals surface area contributed by atoms with Gasteiger partial charge in [0.1, 0.15) is 0 Å². The molecule has 0 fully saturated rings. The fourth-order valence-corrected chi connectivity index (χ4v) is 4.02. The van der Waals surface area contributed by atoms with Crippen LogP contribution in [-0.4, -0.2) is 26.4 Å². The van der Waals surface area contributed by atoms with Gasteiger partial charge in [-0.15, -0.1) is 0 Å². The highest BCUT2D eigenvalue weighted by atomic mass is 32.2. The highest BCUT2D eigenvalue weighted by molar-refractivity contribution is 7.89. The lowest BCUT2D eigenvalue weighted by Crippen LogP contribution is -2.42. The molecule has 2 rings (SSSR count). The molecule has 0 bridgehead atoms. The molecule has 0 spiro atoms. The van der Waals surface area contributed by atoms with Gasteiger partial charge in [0.15, 0.2) is 0 Å². The van der Waals surface area contributed by atoms with Gasteiger partial charge in [0.2, 0.25) is 15.9 Å². The summed E-state index contributed by atoms with van der Waals surface area (Å²) in [6, 6.07) is 5.00. The molecule has 22 heavy (non-hydrogen) atoms. The number of carbonyl (C=O) groups is 1. The van der Waals surface area contributed by atoms with Gasteiger partial charge in [0.25, 0.3) is 0 Å². The summed E-state index contributed by atoms with van der Waals surface area (Å²) in [6.45, 7) is 8.12. The van der Waals surface area contributed by atoms with Gasteiger partial charge in [-0.3, -0.25) is 4.79 Å². The smallest absolute Gasteiger partial charge is 0.241 e. The van der Waals surface area contributed by atoms with Crippen molar-refractivity contribution in [3.05, 3.63) is 23.8 Å². The second-order valence-corrected chi connectivity index (χ2v) is 7.96. The van der Waals surface area contributed by atoms with E-state index >= 15 is 0 Å². The Hall–Kier alpha value is -1.40. The summed E-state index contributed by atoms with van der Waals surface area (Å²) < 4.78 is 27.7. The van der Waals surface area contributed by atoms with Crippen molar-refractivity contribution in [2.45, 2.75) is 57.4 Å². The lowest BCUT2D eigenvalue weighted by Gasteiger charge is -2.24. The molecule has 0 aromatic heterocycles. The molecule has 1 aromatic carbocycles. The number of anilines is 1. The molecule has 0 atom stereocenters. The first-order chi connectivity index (χ1) is 10.2. The molecule has 6 heteroatoms. The summed E-state index contributed by atoms with van der Waals surface area (Å²) in [5.41, 5.74) is 1.27. The number of fused-ring (bicyclic) bond motifs is 1. The molecule has 1 aromatic rings. The maximum Gasteiger partial charge on any atom is 0.241 e. The van der Waals surface area contributed by atoms with Gasteiger partial charge in [-0.25, -0.2) is 13.1 Å². The summed E-state index contributed by atoms with van der Waals surface area (Å²) in [5, 5.41) is 0. The molecule has 0 aliphatic carbocycles. The van der Waals surface area contributed by atoms with Crippen LogP contribution in [0.15, 0.2) is 23.1 Å². The highest BCUT2D eigenvalue weighted by Gasteiger charge is 2.28. The van der Waals surface area contributed by atoms with E-state index in [0.29, 0.717) is 25.8 Å². The van der Waals surface area contributed by atoms with E-state index in [2.05, 4.69) is 4.72 Å². The Labute approximate surface area is 132 Å². The number of carbonyl (C=O) groups excluding carboxylic acids is 1. The molecular weight excluding hydrogens is 300 g/mol. The molecule has 0 saturated heterocycles. The largest absolute Gasteiger partial charge is 0.312 e. The molecule has 1 aliphatic rings. The lowest BCUT2D eigenvalue weighted by molar-refractivity contribution is -0.118. The van der Waals surface area contributed by atoms with Crippen LogP contribution in [-0.2, 0) is 21.2 Å². The SMILES string of the molecule is CCC(=O)N1CCc2cc(S(=O)(=O)NC(C)(C)CC)ccc21. The third kappa shape index (κ3) is 3.33. The van der Waals surface area contributed by atoms with Gasteiger partial charge in [-0.05, 0) is 50.5 Å². The Balaban J connectivity index is 2.32. The van der Waals surface area contributed by atoms with Crippen molar-refractivity contribution in [3.8, 4) is 0 Å². The molecule has 0 unspecified atom stereocenters. The fraction of sp³-hybridized carbons (Fsp3) is 0.562. The van der Waals surface area contributed by atoms with Gasteiger partial charge in [-0.2, -0.15) is 0 Å². The van der Waals surface area contributed by atoms with Crippen molar-refractivity contribution >= 4 is 21.6 Å². The molecule has 0 saturated carbocycles. The number of hydrogen-bond donors (Lipinski definition) is 1. The molecule has 1 heterocycles. The topological polar surface area (TPSA) is 66.5 Å². The Morgan fingerprint density at radius 3 is 2.59 bits per heavy atom. The number of nitrogens with zero attached hydrogens (tertiary/aromatic N) is 1. The van der Waals surface area contributed by atoms with Crippen molar-refractivity contribution in [1.29, 1.82) is 0 Å². The third-order valence-electron chi connectivity index (χ3n) is 4.15. The van der Waals surface area contributed by atoms with E-state index < -0.39 is 15.6 Å². The maximum atomic E-state index is 12.5. The van der Waals surface area contributed by atoms with Crippen LogP contribution in [0, 0.1) is 0 Å². The third-order valence-corrected chi connectivity index (χ3v) is 5.85. The monoisotopic (exact) mass is 324 g/mol. The standard InChI is InChI=1S/C16H24N2O3S/c1-5-15(19)18-10-9-12-11-13(7-8-14(12)18)22(20,21)17-16(3,4)6-2/h7-8,11,17H,5-6,9-10H2,1-4H3. The van der Waals surface area contributed by atoms with E-state index in [4.69, 9.17) is 0 Å². The molecule has 1 aliphatic heterocycles. The Bertz CT molecular complexity index is 681. The minimum Gasteiger partial charge on any atom is -0.312 e. The normalized spacial score (nSPS) is 15.0. The summed E-state index contributed by atoms with van der Waals surface area (Å²) in [4.78, 5) is 13.9. The van der Waals surface area contributed by atoms with Gasteiger partial charge in [0, 0.05) is 24.2 Å². The predicted molar refractivity (Wildman–Crippen MR) is 87.5 cm³/mol. The number of rotatable bonds is 5. The number of benzene rings is 1. The Morgan fingerprint density at radius 2 is 2.00 bits per heavy atom. The van der Waals surface area contributed by atoms with E-state index in [1.165, 1.54) is 0 Å². The van der Waals surface area contributed by atoms with Crippen LogP contribution in [0.2, 0.25) is 0 Å². The van der Waals surface area contributed by atoms with Crippen LogP contribution in [0.4, 0.5) is 5.69 Å². The summed E-state index contributed by atoms with van der Waals surface area (Å²) in [6.07, 6.45) is 1.85. The van der Waals surface area contributed by atoms with Crippen molar-refractivity contribution in [1.82, 2.24) is 4.72 Å². The van der Waals surface area contributed by atoms with Crippen LogP contribution >= 0.6 is 0 Å². The van der Waals surface area contributed by atoms with E-state index in [1.54, 1.807) is 23.1 Å². The minimum atomic E-state index is -3.55. The first kappa shape index (κ1) is 17.0. The zero-order valence-electron chi connectivity index (χ0n) is 13.6. The van der Waals surface area contributed by atoms with Crippen LogP contribution < -0.4 is 9.62 Å². The van der Waals surface area contributed by atoms with Gasteiger partial charge in [-0.1, -0.05) is 13.8 Å². The van der Waals surface area contributed by atoms with Crippen LogP contribution in [0.3, 0.4) is 0 Å². The molecule has 1 amide bonds. The molecule has 5 nitrogen and oxygen atoms in total. The minimum absolute atomic E-state index is 0.0691. The zero-order chi connectivity index (χ0) is 16.5. The number of hydrogen-bond acceptors (Lipinski definition) is 3. The quantitative estimate of drug-likeness (QED) is 0.904. The highest BCUT2D eigenvalue weighted by Crippen LogP contribution is 2.31. The number of amides is 1. The van der Waals surface area contributed by atoms with Gasteiger partial charge < -0.3 is 4.90 Å². The van der Waals surface area contributed by atoms with E-state index in [0.717, 1.165) is 11.3 Å². The summed E-state index contributed by atoms with van der Waals surface area (Å²) in [5.74, 6) is 0.0691. The van der Waals surface area contributed by atoms with Crippen LogP contribution in [0.1, 0.15) is 46.1 Å². The maximum absolute atomic E-state index is 12.5. The Kier molecular flexibility index (Phi) is 4.63. The van der Waals surface area contributed by atoms with E-state index in [1.807, 2.05) is 27.7 Å². The summed E-state index contributed by atoms with van der Waals surface area (Å²) >= 11 is 0. The molecule has 122 valence electrons. The summed E-state index contributed by atoms with van der Waals surface area (Å²) in [7, 11) is -3.55. The van der Waals surface area contributed by atoms with Crippen molar-refractivity contribution < 1.29 is 13.2 Å². The lowest BCUT2D eigenvalue weighted by atomic mass is 10.0. The molecule has 0 radical (unpaired) electrons. The first-order valence-corrected chi connectivity index (χ1v) is 9.16. The molecular formula is C16H24N2O3S. The zero-order valence-corrected chi connectivity index (χ0v) is 14.5. The average molecular weight is 324 g/mol. The first-order valence-electron chi connectivity index (χ1n) is 7.67. The second-order valence-electron chi connectivity index (χ2n) is 6.28. The van der Waals surface area contributed by atoms with Gasteiger partial charge in [0.05, 0.1) is 4.90 Å². The fourth-order valence-electron chi connectivity index (χ4n) is 2.49. The van der Waals surface area contributed by atoms with Crippen molar-refractivity contribution in [2.24, 2.45) is 0 Å². The van der Waals surface area contributed by atoms with Gasteiger partial charge >= 0.3 is 0 Å². The number of nitrogens with one attached hydrogen (secondary N) is 1. The van der Waals surface area contributed by atoms with Crippen LogP contribution in [0.25, 0.3) is 0 Å². The average Bonchev–Trinajstić information content (AvgIpc) is 2.88.